The first-order valence-electron chi connectivity index (χ1n) is 9.56. The molecule has 0 aromatic heterocycles. The lowest BCUT2D eigenvalue weighted by Gasteiger charge is -2.28. The molecule has 2 bridgehead atoms. The maximum Gasteiger partial charge on any atom is 0.220 e. The number of benzene rings is 1. The van der Waals surface area contributed by atoms with Crippen molar-refractivity contribution in [3.05, 3.63) is 29.8 Å². The van der Waals surface area contributed by atoms with Crippen LogP contribution in [-0.2, 0) is 4.79 Å². The van der Waals surface area contributed by atoms with Crippen molar-refractivity contribution >= 4 is 11.7 Å². The number of nitrogens with one attached hydrogen (secondary N) is 1. The van der Waals surface area contributed by atoms with Crippen molar-refractivity contribution in [3.63, 3.8) is 0 Å². The molecule has 0 radical (unpaired) electrons. The Labute approximate surface area is 150 Å². The topological polar surface area (TPSA) is 55.4 Å². The Balaban J connectivity index is 1.33. The standard InChI is InChI=1S/C21H29NO3/c1-14(20-13-16-5-6-18(20)12-16)22-21(24)4-3-11-25-19-9-7-17(8-10-19)15(2)23/h7-10,14,16,18,20H,3-6,11-13H2,1-2H3,(H,22,24)/t14-,16-,18-,20+/m1/s1. The summed E-state index contributed by atoms with van der Waals surface area (Å²) >= 11 is 0. The van der Waals surface area contributed by atoms with Crippen molar-refractivity contribution in [2.75, 3.05) is 6.61 Å². The number of hydrogen-bond acceptors (Lipinski definition) is 3. The molecule has 2 fully saturated rings. The lowest BCUT2D eigenvalue weighted by Crippen LogP contribution is -2.40. The number of carbonyl (C=O) groups excluding carboxylic acids is 2. The third-order valence-electron chi connectivity index (χ3n) is 5.90. The fraction of sp³-hybridized carbons (Fsp3) is 0.619. The summed E-state index contributed by atoms with van der Waals surface area (Å²) in [6, 6.07) is 7.42. The minimum absolute atomic E-state index is 0.0489. The van der Waals surface area contributed by atoms with Gasteiger partial charge in [0.1, 0.15) is 5.75 Å². The molecule has 1 N–H and O–H groups in total. The van der Waals surface area contributed by atoms with E-state index < -0.39 is 0 Å². The second kappa shape index (κ2) is 8.03. The van der Waals surface area contributed by atoms with Gasteiger partial charge in [-0.1, -0.05) is 6.42 Å². The minimum Gasteiger partial charge on any atom is -0.494 e. The fourth-order valence-electron chi connectivity index (χ4n) is 4.55. The highest BCUT2D eigenvalue weighted by molar-refractivity contribution is 5.94. The third kappa shape index (κ3) is 4.62. The van der Waals surface area contributed by atoms with E-state index in [2.05, 4.69) is 12.2 Å². The lowest BCUT2D eigenvalue weighted by molar-refractivity contribution is -0.122. The quantitative estimate of drug-likeness (QED) is 0.573. The third-order valence-corrected chi connectivity index (χ3v) is 5.90. The van der Waals surface area contributed by atoms with Gasteiger partial charge < -0.3 is 10.1 Å². The maximum atomic E-state index is 12.1. The molecule has 1 aromatic rings. The van der Waals surface area contributed by atoms with Crippen LogP contribution < -0.4 is 10.1 Å². The molecule has 0 spiro atoms. The zero-order valence-electron chi connectivity index (χ0n) is 15.3. The van der Waals surface area contributed by atoms with E-state index in [1.165, 1.54) is 25.7 Å². The monoisotopic (exact) mass is 343 g/mol. The van der Waals surface area contributed by atoms with Gasteiger partial charge in [-0.3, -0.25) is 9.59 Å². The van der Waals surface area contributed by atoms with Crippen LogP contribution in [-0.4, -0.2) is 24.3 Å². The lowest BCUT2D eigenvalue weighted by atomic mass is 9.84. The molecule has 3 rings (SSSR count). The van der Waals surface area contributed by atoms with E-state index in [-0.39, 0.29) is 11.7 Å². The summed E-state index contributed by atoms with van der Waals surface area (Å²) in [7, 11) is 0. The van der Waals surface area contributed by atoms with Crippen LogP contribution in [0.4, 0.5) is 0 Å². The highest BCUT2D eigenvalue weighted by Gasteiger charge is 2.41. The number of amides is 1. The van der Waals surface area contributed by atoms with Gasteiger partial charge in [-0.05, 0) is 81.5 Å². The highest BCUT2D eigenvalue weighted by atomic mass is 16.5. The van der Waals surface area contributed by atoms with E-state index in [4.69, 9.17) is 4.74 Å². The smallest absolute Gasteiger partial charge is 0.220 e. The summed E-state index contributed by atoms with van der Waals surface area (Å²) in [4.78, 5) is 23.4. The molecule has 1 aromatic carbocycles. The van der Waals surface area contributed by atoms with Crippen LogP contribution in [0.1, 0.15) is 62.7 Å². The van der Waals surface area contributed by atoms with Crippen LogP contribution in [0.5, 0.6) is 5.75 Å². The summed E-state index contributed by atoms with van der Waals surface area (Å²) in [5, 5.41) is 3.19. The summed E-state index contributed by atoms with van der Waals surface area (Å²) < 4.78 is 5.64. The number of carbonyl (C=O) groups is 2. The van der Waals surface area contributed by atoms with Crippen LogP contribution in [0.15, 0.2) is 24.3 Å². The van der Waals surface area contributed by atoms with Crippen LogP contribution >= 0.6 is 0 Å². The molecule has 2 aliphatic rings. The number of Topliss-reactive ketones (excluding diaryl/α,β-unsaturated/α-hetero) is 1. The molecule has 0 aliphatic heterocycles. The zero-order chi connectivity index (χ0) is 17.8. The molecular weight excluding hydrogens is 314 g/mol. The molecule has 2 saturated carbocycles. The van der Waals surface area contributed by atoms with Crippen molar-refractivity contribution in [3.8, 4) is 5.75 Å². The van der Waals surface area contributed by atoms with Gasteiger partial charge in [0.2, 0.25) is 5.91 Å². The van der Waals surface area contributed by atoms with E-state index in [1.807, 2.05) is 0 Å². The van der Waals surface area contributed by atoms with Gasteiger partial charge in [0.05, 0.1) is 6.61 Å². The van der Waals surface area contributed by atoms with Crippen LogP contribution in [0, 0.1) is 17.8 Å². The minimum atomic E-state index is 0.0489. The number of rotatable bonds is 8. The number of ether oxygens (including phenoxy) is 1. The van der Waals surface area contributed by atoms with E-state index in [9.17, 15) is 9.59 Å². The van der Waals surface area contributed by atoms with E-state index >= 15 is 0 Å². The second-order valence-corrected chi connectivity index (χ2v) is 7.73. The Morgan fingerprint density at radius 3 is 2.56 bits per heavy atom. The number of ketones is 1. The predicted molar refractivity (Wildman–Crippen MR) is 97.7 cm³/mol. The van der Waals surface area contributed by atoms with Crippen LogP contribution in [0.2, 0.25) is 0 Å². The summed E-state index contributed by atoms with van der Waals surface area (Å²) in [6.45, 7) is 4.22. The first-order chi connectivity index (χ1) is 12.0. The van der Waals surface area contributed by atoms with Crippen molar-refractivity contribution in [2.45, 2.75) is 58.4 Å². The van der Waals surface area contributed by atoms with Gasteiger partial charge in [-0.15, -0.1) is 0 Å². The van der Waals surface area contributed by atoms with E-state index in [1.54, 1.807) is 31.2 Å². The molecule has 0 heterocycles. The van der Waals surface area contributed by atoms with Gasteiger partial charge >= 0.3 is 0 Å². The first kappa shape index (κ1) is 18.0. The normalized spacial score (nSPS) is 25.6. The molecule has 136 valence electrons. The van der Waals surface area contributed by atoms with Gasteiger partial charge in [-0.25, -0.2) is 0 Å². The molecule has 4 nitrogen and oxygen atoms in total. The van der Waals surface area contributed by atoms with Crippen LogP contribution in [0.25, 0.3) is 0 Å². The molecule has 0 unspecified atom stereocenters. The molecule has 4 atom stereocenters. The van der Waals surface area contributed by atoms with Crippen LogP contribution in [0.3, 0.4) is 0 Å². The van der Waals surface area contributed by atoms with E-state index in [0.29, 0.717) is 37.0 Å². The SMILES string of the molecule is CC(=O)c1ccc(OCCCC(=O)N[C@H](C)[C@@H]2C[C@@H]3CC[C@@H]2C3)cc1. The second-order valence-electron chi connectivity index (χ2n) is 7.73. The van der Waals surface area contributed by atoms with Gasteiger partial charge in [0, 0.05) is 18.0 Å². The predicted octanol–water partition coefficient (Wildman–Crippen LogP) is 3.99. The van der Waals surface area contributed by atoms with Crippen molar-refractivity contribution < 1.29 is 14.3 Å². The zero-order valence-corrected chi connectivity index (χ0v) is 15.3. The van der Waals surface area contributed by atoms with Gasteiger partial charge in [0.25, 0.3) is 0 Å². The Bertz CT molecular complexity index is 610. The number of fused-ring (bicyclic) bond motifs is 2. The Hall–Kier alpha value is -1.84. The van der Waals surface area contributed by atoms with Crippen molar-refractivity contribution in [2.24, 2.45) is 17.8 Å². The summed E-state index contributed by atoms with van der Waals surface area (Å²) in [5.41, 5.74) is 0.682. The first-order valence-corrected chi connectivity index (χ1v) is 9.56. The molecule has 2 aliphatic carbocycles. The molecule has 4 heteroatoms. The largest absolute Gasteiger partial charge is 0.494 e. The van der Waals surface area contributed by atoms with E-state index in [0.717, 1.165) is 17.6 Å². The Morgan fingerprint density at radius 1 is 1.20 bits per heavy atom. The Kier molecular flexibility index (Phi) is 5.77. The van der Waals surface area contributed by atoms with Crippen molar-refractivity contribution in [1.29, 1.82) is 0 Å². The fourth-order valence-corrected chi connectivity index (χ4v) is 4.55. The van der Waals surface area contributed by atoms with Crippen molar-refractivity contribution in [1.82, 2.24) is 5.32 Å². The molecule has 1 amide bonds. The maximum absolute atomic E-state index is 12.1. The highest BCUT2D eigenvalue weighted by Crippen LogP contribution is 2.49. The Morgan fingerprint density at radius 2 is 1.96 bits per heavy atom. The van der Waals surface area contributed by atoms with Gasteiger partial charge in [-0.2, -0.15) is 0 Å². The summed E-state index contributed by atoms with van der Waals surface area (Å²) in [6.07, 6.45) is 6.62. The molecule has 25 heavy (non-hydrogen) atoms. The molecular formula is C21H29NO3. The average Bonchev–Trinajstić information content (AvgIpc) is 3.22. The number of hydrogen-bond donors (Lipinski definition) is 1. The summed E-state index contributed by atoms with van der Waals surface area (Å²) in [5.74, 6) is 3.34. The average molecular weight is 343 g/mol. The van der Waals surface area contributed by atoms with Gasteiger partial charge in [0.15, 0.2) is 5.78 Å². The molecule has 0 saturated heterocycles.